The van der Waals surface area contributed by atoms with E-state index < -0.39 is 11.5 Å². The number of piperidine rings is 1. The lowest BCUT2D eigenvalue weighted by molar-refractivity contribution is -0.145. The lowest BCUT2D eigenvalue weighted by Gasteiger charge is -2.35. The third-order valence-corrected chi connectivity index (χ3v) is 3.87. The third-order valence-electron chi connectivity index (χ3n) is 3.87. The van der Waals surface area contributed by atoms with E-state index in [1.165, 1.54) is 0 Å². The van der Waals surface area contributed by atoms with E-state index in [-0.39, 0.29) is 6.04 Å². The molecule has 0 aromatic carbocycles. The summed E-state index contributed by atoms with van der Waals surface area (Å²) in [6, 6.07) is 0.161. The first-order valence-corrected chi connectivity index (χ1v) is 7.72. The number of ether oxygens (including phenoxy) is 1. The van der Waals surface area contributed by atoms with Gasteiger partial charge in [0.1, 0.15) is 5.54 Å². The second-order valence-electron chi connectivity index (χ2n) is 6.21. The lowest BCUT2D eigenvalue weighted by Crippen LogP contribution is -2.54. The van der Waals surface area contributed by atoms with Crippen molar-refractivity contribution in [2.24, 2.45) is 0 Å². The van der Waals surface area contributed by atoms with E-state index >= 15 is 0 Å². The van der Waals surface area contributed by atoms with Crippen molar-refractivity contribution in [1.29, 1.82) is 0 Å². The second-order valence-corrected chi connectivity index (χ2v) is 6.21. The zero-order valence-electron chi connectivity index (χ0n) is 13.3. The highest BCUT2D eigenvalue weighted by atomic mass is 16.5. The van der Waals surface area contributed by atoms with E-state index in [9.17, 15) is 9.90 Å². The molecule has 0 spiro atoms. The molecule has 2 atom stereocenters. The maximum atomic E-state index is 11.5. The molecule has 1 fully saturated rings. The molecule has 1 heterocycles. The van der Waals surface area contributed by atoms with Crippen molar-refractivity contribution >= 4 is 5.97 Å². The smallest absolute Gasteiger partial charge is 0.323 e. The van der Waals surface area contributed by atoms with Crippen LogP contribution in [0.15, 0.2) is 0 Å². The molecule has 0 radical (unpaired) electrons. The van der Waals surface area contributed by atoms with Gasteiger partial charge in [-0.15, -0.1) is 0 Å². The van der Waals surface area contributed by atoms with Crippen LogP contribution in [-0.2, 0) is 9.53 Å². The van der Waals surface area contributed by atoms with Crippen molar-refractivity contribution in [2.45, 2.75) is 64.6 Å². The van der Waals surface area contributed by atoms with Gasteiger partial charge in [0.15, 0.2) is 0 Å². The molecule has 1 aliphatic heterocycles. The van der Waals surface area contributed by atoms with Crippen LogP contribution in [0, 0.1) is 0 Å². The first-order valence-electron chi connectivity index (χ1n) is 7.72. The number of rotatable bonds is 8. The number of hydrogen-bond donors (Lipinski definition) is 2. The van der Waals surface area contributed by atoms with Gasteiger partial charge in [0.25, 0.3) is 0 Å². The molecule has 0 bridgehead atoms. The van der Waals surface area contributed by atoms with Gasteiger partial charge in [0.2, 0.25) is 0 Å². The lowest BCUT2D eigenvalue weighted by atomic mass is 9.95. The Labute approximate surface area is 122 Å². The predicted octanol–water partition coefficient (Wildman–Crippen LogP) is 1.72. The number of carboxylic acid groups (broad SMARTS) is 1. The molecule has 0 amide bonds. The van der Waals surface area contributed by atoms with Crippen molar-refractivity contribution in [1.82, 2.24) is 10.2 Å². The maximum absolute atomic E-state index is 11.5. The number of hydrogen-bond acceptors (Lipinski definition) is 4. The molecule has 1 aliphatic rings. The van der Waals surface area contributed by atoms with E-state index in [0.717, 1.165) is 39.1 Å². The fraction of sp³-hybridized carbons (Fsp3) is 0.933. The summed E-state index contributed by atoms with van der Waals surface area (Å²) in [6.07, 6.45) is 3.17. The second kappa shape index (κ2) is 7.96. The number of nitrogens with one attached hydrogen (secondary N) is 1. The Hall–Kier alpha value is -0.650. The molecule has 1 saturated heterocycles. The Morgan fingerprint density at radius 3 is 2.80 bits per heavy atom. The van der Waals surface area contributed by atoms with Gasteiger partial charge in [-0.1, -0.05) is 0 Å². The van der Waals surface area contributed by atoms with Gasteiger partial charge in [-0.2, -0.15) is 0 Å². The first kappa shape index (κ1) is 17.4. The summed E-state index contributed by atoms with van der Waals surface area (Å²) < 4.78 is 5.68. The normalized spacial score (nSPS) is 23.8. The summed E-state index contributed by atoms with van der Waals surface area (Å²) in [5.74, 6) is -0.774. The van der Waals surface area contributed by atoms with Crippen molar-refractivity contribution < 1.29 is 14.6 Å². The zero-order chi connectivity index (χ0) is 15.2. The van der Waals surface area contributed by atoms with Crippen LogP contribution in [0.4, 0.5) is 0 Å². The van der Waals surface area contributed by atoms with E-state index in [0.29, 0.717) is 12.5 Å². The van der Waals surface area contributed by atoms with Gasteiger partial charge in [0, 0.05) is 25.7 Å². The number of likely N-dealkylation sites (tertiary alicyclic amines) is 1. The van der Waals surface area contributed by atoms with Crippen LogP contribution in [0.2, 0.25) is 0 Å². The molecule has 2 unspecified atom stereocenters. The van der Waals surface area contributed by atoms with Gasteiger partial charge >= 0.3 is 5.97 Å². The molecule has 2 N–H and O–H groups in total. The van der Waals surface area contributed by atoms with Crippen LogP contribution in [-0.4, -0.2) is 59.9 Å². The quantitative estimate of drug-likeness (QED) is 0.711. The molecule has 0 aromatic rings. The SMILES string of the molecule is CCOC1CCCN(CCC(C)(NC(C)C)C(=O)O)C1. The average Bonchev–Trinajstić information content (AvgIpc) is 2.36. The summed E-state index contributed by atoms with van der Waals surface area (Å²) in [5.41, 5.74) is -0.854. The minimum absolute atomic E-state index is 0.161. The fourth-order valence-electron chi connectivity index (χ4n) is 2.85. The standard InChI is InChI=1S/C15H30N2O3/c1-5-20-13-7-6-9-17(11-13)10-8-15(4,14(18)19)16-12(2)3/h12-13,16H,5-11H2,1-4H3,(H,18,19). The van der Waals surface area contributed by atoms with E-state index in [2.05, 4.69) is 10.2 Å². The highest BCUT2D eigenvalue weighted by Crippen LogP contribution is 2.17. The van der Waals surface area contributed by atoms with E-state index in [1.54, 1.807) is 6.92 Å². The summed E-state index contributed by atoms with van der Waals surface area (Å²) in [6.45, 7) is 11.3. The van der Waals surface area contributed by atoms with Crippen LogP contribution in [0.3, 0.4) is 0 Å². The molecule has 0 saturated carbocycles. The van der Waals surface area contributed by atoms with Crippen molar-refractivity contribution in [3.8, 4) is 0 Å². The minimum atomic E-state index is -0.854. The molecular formula is C15H30N2O3. The number of aliphatic carboxylic acids is 1. The Morgan fingerprint density at radius 2 is 2.25 bits per heavy atom. The maximum Gasteiger partial charge on any atom is 0.323 e. The summed E-state index contributed by atoms with van der Waals surface area (Å²) >= 11 is 0. The number of carbonyl (C=O) groups is 1. The van der Waals surface area contributed by atoms with Gasteiger partial charge < -0.3 is 14.7 Å². The monoisotopic (exact) mass is 286 g/mol. The van der Waals surface area contributed by atoms with Crippen molar-refractivity contribution in [3.63, 3.8) is 0 Å². The molecule has 5 heteroatoms. The van der Waals surface area contributed by atoms with Crippen LogP contribution in [0.1, 0.15) is 47.0 Å². The Bertz CT molecular complexity index is 307. The van der Waals surface area contributed by atoms with Crippen LogP contribution >= 0.6 is 0 Å². The van der Waals surface area contributed by atoms with Crippen molar-refractivity contribution in [3.05, 3.63) is 0 Å². The largest absolute Gasteiger partial charge is 0.480 e. The molecule has 0 aromatic heterocycles. The third kappa shape index (κ3) is 5.38. The number of nitrogens with zero attached hydrogens (tertiary/aromatic N) is 1. The van der Waals surface area contributed by atoms with Gasteiger partial charge in [-0.3, -0.25) is 10.1 Å². The zero-order valence-corrected chi connectivity index (χ0v) is 13.3. The van der Waals surface area contributed by atoms with E-state index in [1.807, 2.05) is 20.8 Å². The molecule has 1 rings (SSSR count). The van der Waals surface area contributed by atoms with Gasteiger partial charge in [-0.25, -0.2) is 0 Å². The van der Waals surface area contributed by atoms with Gasteiger partial charge in [-0.05, 0) is 53.5 Å². The molecule has 5 nitrogen and oxygen atoms in total. The average molecular weight is 286 g/mol. The van der Waals surface area contributed by atoms with Crippen LogP contribution < -0.4 is 5.32 Å². The fourth-order valence-corrected chi connectivity index (χ4v) is 2.85. The van der Waals surface area contributed by atoms with Crippen LogP contribution in [0.25, 0.3) is 0 Å². The first-order chi connectivity index (χ1) is 9.37. The Balaban J connectivity index is 2.48. The highest BCUT2D eigenvalue weighted by Gasteiger charge is 2.34. The minimum Gasteiger partial charge on any atom is -0.480 e. The molecule has 118 valence electrons. The molecule has 0 aliphatic carbocycles. The predicted molar refractivity (Wildman–Crippen MR) is 80.0 cm³/mol. The van der Waals surface area contributed by atoms with Crippen LogP contribution in [0.5, 0.6) is 0 Å². The number of carboxylic acids is 1. The molecule has 20 heavy (non-hydrogen) atoms. The topological polar surface area (TPSA) is 61.8 Å². The van der Waals surface area contributed by atoms with Gasteiger partial charge in [0.05, 0.1) is 6.10 Å². The summed E-state index contributed by atoms with van der Waals surface area (Å²) in [4.78, 5) is 13.8. The molecular weight excluding hydrogens is 256 g/mol. The van der Waals surface area contributed by atoms with E-state index in [4.69, 9.17) is 4.74 Å². The van der Waals surface area contributed by atoms with Crippen molar-refractivity contribution in [2.75, 3.05) is 26.2 Å². The summed E-state index contributed by atoms with van der Waals surface area (Å²) in [7, 11) is 0. The summed E-state index contributed by atoms with van der Waals surface area (Å²) in [5, 5.41) is 12.6. The Kier molecular flexibility index (Phi) is 6.92. The highest BCUT2D eigenvalue weighted by molar-refractivity contribution is 5.78. The Morgan fingerprint density at radius 1 is 1.55 bits per heavy atom.